The van der Waals surface area contributed by atoms with Crippen LogP contribution in [0.4, 0.5) is 0 Å². The van der Waals surface area contributed by atoms with Crippen molar-refractivity contribution in [3.05, 3.63) is 11.9 Å². The SMILES string of the molecule is CC(N)C(O)Cc1cn(C)nn1. The van der Waals surface area contributed by atoms with Crippen molar-refractivity contribution < 1.29 is 5.11 Å². The molecule has 5 nitrogen and oxygen atoms in total. The van der Waals surface area contributed by atoms with Crippen LogP contribution in [-0.4, -0.2) is 32.2 Å². The molecule has 0 bridgehead atoms. The zero-order chi connectivity index (χ0) is 9.14. The fraction of sp³-hybridized carbons (Fsp3) is 0.714. The number of hydrogen-bond donors (Lipinski definition) is 2. The molecule has 0 aliphatic heterocycles. The molecular weight excluding hydrogens is 156 g/mol. The summed E-state index contributed by atoms with van der Waals surface area (Å²) in [7, 11) is 1.79. The lowest BCUT2D eigenvalue weighted by Crippen LogP contribution is -2.33. The molecule has 0 saturated carbocycles. The summed E-state index contributed by atoms with van der Waals surface area (Å²) in [5.74, 6) is 0. The third-order valence-corrected chi connectivity index (χ3v) is 1.68. The number of nitrogens with zero attached hydrogens (tertiary/aromatic N) is 3. The number of aryl methyl sites for hydroxylation is 1. The molecule has 1 aromatic heterocycles. The highest BCUT2D eigenvalue weighted by Gasteiger charge is 2.11. The van der Waals surface area contributed by atoms with Crippen molar-refractivity contribution in [2.75, 3.05) is 0 Å². The van der Waals surface area contributed by atoms with Gasteiger partial charge in [-0.05, 0) is 6.92 Å². The Hall–Kier alpha value is -0.940. The molecule has 0 aliphatic rings. The Morgan fingerprint density at radius 2 is 2.42 bits per heavy atom. The third kappa shape index (κ3) is 2.28. The summed E-state index contributed by atoms with van der Waals surface area (Å²) in [4.78, 5) is 0. The second-order valence-corrected chi connectivity index (χ2v) is 3.01. The molecule has 1 rings (SSSR count). The van der Waals surface area contributed by atoms with Crippen molar-refractivity contribution in [2.24, 2.45) is 12.8 Å². The summed E-state index contributed by atoms with van der Waals surface area (Å²) in [5, 5.41) is 17.0. The van der Waals surface area contributed by atoms with E-state index in [1.807, 2.05) is 0 Å². The summed E-state index contributed by atoms with van der Waals surface area (Å²) >= 11 is 0. The topological polar surface area (TPSA) is 77.0 Å². The fourth-order valence-corrected chi connectivity index (χ4v) is 0.889. The lowest BCUT2D eigenvalue weighted by Gasteiger charge is -2.11. The monoisotopic (exact) mass is 170 g/mol. The molecule has 0 amide bonds. The Kier molecular flexibility index (Phi) is 2.78. The van der Waals surface area contributed by atoms with Crippen molar-refractivity contribution >= 4 is 0 Å². The average molecular weight is 170 g/mol. The maximum atomic E-state index is 9.39. The summed E-state index contributed by atoms with van der Waals surface area (Å²) < 4.78 is 1.60. The van der Waals surface area contributed by atoms with E-state index in [0.29, 0.717) is 6.42 Å². The molecule has 2 unspecified atom stereocenters. The van der Waals surface area contributed by atoms with Crippen molar-refractivity contribution in [3.63, 3.8) is 0 Å². The quantitative estimate of drug-likeness (QED) is 0.614. The van der Waals surface area contributed by atoms with E-state index in [1.54, 1.807) is 24.9 Å². The maximum absolute atomic E-state index is 9.39. The first kappa shape index (κ1) is 9.15. The van der Waals surface area contributed by atoms with Crippen LogP contribution in [0.1, 0.15) is 12.6 Å². The van der Waals surface area contributed by atoms with Gasteiger partial charge in [0.15, 0.2) is 0 Å². The third-order valence-electron chi connectivity index (χ3n) is 1.68. The maximum Gasteiger partial charge on any atom is 0.0853 e. The van der Waals surface area contributed by atoms with E-state index in [1.165, 1.54) is 0 Å². The molecular formula is C7H14N4O. The molecule has 12 heavy (non-hydrogen) atoms. The van der Waals surface area contributed by atoms with Gasteiger partial charge >= 0.3 is 0 Å². The fourth-order valence-electron chi connectivity index (χ4n) is 0.889. The number of nitrogens with two attached hydrogens (primary N) is 1. The van der Waals surface area contributed by atoms with Crippen LogP contribution in [0.3, 0.4) is 0 Å². The van der Waals surface area contributed by atoms with Gasteiger partial charge < -0.3 is 10.8 Å². The molecule has 0 spiro atoms. The van der Waals surface area contributed by atoms with Crippen LogP contribution in [0.2, 0.25) is 0 Å². The zero-order valence-corrected chi connectivity index (χ0v) is 7.31. The van der Waals surface area contributed by atoms with Crippen LogP contribution in [0.15, 0.2) is 6.20 Å². The second-order valence-electron chi connectivity index (χ2n) is 3.01. The summed E-state index contributed by atoms with van der Waals surface area (Å²) in [6, 6.07) is -0.230. The van der Waals surface area contributed by atoms with Gasteiger partial charge in [-0.2, -0.15) is 0 Å². The standard InChI is InChI=1S/C7H14N4O/c1-5(8)7(12)3-6-4-11(2)10-9-6/h4-5,7,12H,3,8H2,1-2H3. The first-order valence-corrected chi connectivity index (χ1v) is 3.88. The Morgan fingerprint density at radius 1 is 1.75 bits per heavy atom. The van der Waals surface area contributed by atoms with E-state index in [-0.39, 0.29) is 6.04 Å². The first-order chi connectivity index (χ1) is 5.59. The minimum atomic E-state index is -0.540. The normalized spacial score (nSPS) is 16.0. The lowest BCUT2D eigenvalue weighted by molar-refractivity contribution is 0.150. The molecule has 1 aromatic rings. The molecule has 3 N–H and O–H groups in total. The highest BCUT2D eigenvalue weighted by Crippen LogP contribution is 2.00. The molecule has 1 heterocycles. The summed E-state index contributed by atoms with van der Waals surface area (Å²) in [5.41, 5.74) is 6.25. The van der Waals surface area contributed by atoms with Gasteiger partial charge in [0.2, 0.25) is 0 Å². The summed E-state index contributed by atoms with van der Waals surface area (Å²) in [6.45, 7) is 1.76. The zero-order valence-electron chi connectivity index (χ0n) is 7.31. The first-order valence-electron chi connectivity index (χ1n) is 3.88. The molecule has 5 heteroatoms. The highest BCUT2D eigenvalue weighted by atomic mass is 16.3. The van der Waals surface area contributed by atoms with E-state index in [2.05, 4.69) is 10.3 Å². The molecule has 0 radical (unpaired) electrons. The number of aromatic nitrogens is 3. The Bertz CT molecular complexity index is 245. The highest BCUT2D eigenvalue weighted by molar-refractivity contribution is 4.95. The molecule has 0 aliphatic carbocycles. The predicted octanol–water partition coefficient (Wildman–Crippen LogP) is -0.934. The van der Waals surface area contributed by atoms with Gasteiger partial charge in [-0.25, -0.2) is 0 Å². The van der Waals surface area contributed by atoms with Gasteiger partial charge in [0.05, 0.1) is 11.8 Å². The Balaban J connectivity index is 2.52. The van der Waals surface area contributed by atoms with Gasteiger partial charge in [-0.1, -0.05) is 5.21 Å². The molecule has 0 aromatic carbocycles. The van der Waals surface area contributed by atoms with Crippen molar-refractivity contribution in [3.8, 4) is 0 Å². The van der Waals surface area contributed by atoms with Crippen LogP contribution in [-0.2, 0) is 13.5 Å². The molecule has 0 saturated heterocycles. The van der Waals surface area contributed by atoms with E-state index in [9.17, 15) is 5.11 Å². The van der Waals surface area contributed by atoms with Crippen LogP contribution in [0, 0.1) is 0 Å². The molecule has 68 valence electrons. The second kappa shape index (κ2) is 3.64. The Labute approximate surface area is 71.2 Å². The van der Waals surface area contributed by atoms with Gasteiger partial charge in [-0.3, -0.25) is 4.68 Å². The molecule has 2 atom stereocenters. The number of hydrogen-bond acceptors (Lipinski definition) is 4. The Morgan fingerprint density at radius 3 is 2.83 bits per heavy atom. The minimum Gasteiger partial charge on any atom is -0.391 e. The smallest absolute Gasteiger partial charge is 0.0853 e. The average Bonchev–Trinajstić information content (AvgIpc) is 2.35. The van der Waals surface area contributed by atoms with Crippen LogP contribution in [0.25, 0.3) is 0 Å². The number of aliphatic hydroxyl groups is 1. The van der Waals surface area contributed by atoms with Crippen LogP contribution in [0.5, 0.6) is 0 Å². The van der Waals surface area contributed by atoms with Gasteiger partial charge in [0.1, 0.15) is 0 Å². The number of aliphatic hydroxyl groups excluding tert-OH is 1. The largest absolute Gasteiger partial charge is 0.391 e. The predicted molar refractivity (Wildman–Crippen MR) is 44.4 cm³/mol. The molecule has 0 fully saturated rings. The van der Waals surface area contributed by atoms with E-state index in [4.69, 9.17) is 5.73 Å². The van der Waals surface area contributed by atoms with Gasteiger partial charge in [0, 0.05) is 25.7 Å². The van der Waals surface area contributed by atoms with Crippen LogP contribution < -0.4 is 5.73 Å². The van der Waals surface area contributed by atoms with Gasteiger partial charge in [0.25, 0.3) is 0 Å². The van der Waals surface area contributed by atoms with Crippen LogP contribution >= 0.6 is 0 Å². The summed E-state index contributed by atoms with van der Waals surface area (Å²) in [6.07, 6.45) is 1.69. The van der Waals surface area contributed by atoms with E-state index >= 15 is 0 Å². The van der Waals surface area contributed by atoms with Crippen molar-refractivity contribution in [2.45, 2.75) is 25.5 Å². The van der Waals surface area contributed by atoms with Crippen molar-refractivity contribution in [1.29, 1.82) is 0 Å². The van der Waals surface area contributed by atoms with Gasteiger partial charge in [-0.15, -0.1) is 5.10 Å². The van der Waals surface area contributed by atoms with E-state index < -0.39 is 6.10 Å². The minimum absolute atomic E-state index is 0.230. The van der Waals surface area contributed by atoms with E-state index in [0.717, 1.165) is 5.69 Å². The number of rotatable bonds is 3. The van der Waals surface area contributed by atoms with Crippen molar-refractivity contribution in [1.82, 2.24) is 15.0 Å². The lowest BCUT2D eigenvalue weighted by atomic mass is 10.1.